The number of aryl methyl sites for hydroxylation is 2. The van der Waals surface area contributed by atoms with E-state index in [1.807, 2.05) is 55.7 Å². The Morgan fingerprint density at radius 1 is 1.25 bits per heavy atom. The van der Waals surface area contributed by atoms with Crippen molar-refractivity contribution in [1.82, 2.24) is 19.9 Å². The normalized spacial score (nSPS) is 14.0. The summed E-state index contributed by atoms with van der Waals surface area (Å²) in [5.74, 6) is 0. The van der Waals surface area contributed by atoms with Crippen molar-refractivity contribution in [3.8, 4) is 0 Å². The van der Waals surface area contributed by atoms with Crippen LogP contribution >= 0.6 is 11.6 Å². The molecule has 2 atom stereocenters. The number of nitrogens with one attached hydrogen (secondary N) is 1. The molecule has 5 nitrogen and oxygen atoms in total. The molecule has 126 valence electrons. The van der Waals surface area contributed by atoms with E-state index in [4.69, 9.17) is 11.6 Å². The highest BCUT2D eigenvalue weighted by Crippen LogP contribution is 2.23. The summed E-state index contributed by atoms with van der Waals surface area (Å²) >= 11 is 6.13. The predicted molar refractivity (Wildman–Crippen MR) is 95.3 cm³/mol. The monoisotopic (exact) mass is 344 g/mol. The first-order valence-electron chi connectivity index (χ1n) is 7.95. The first-order chi connectivity index (χ1) is 11.5. The molecule has 0 saturated carbocycles. The average molecular weight is 345 g/mol. The van der Waals surface area contributed by atoms with Crippen molar-refractivity contribution in [1.29, 1.82) is 0 Å². The van der Waals surface area contributed by atoms with Crippen molar-refractivity contribution in [3.63, 3.8) is 0 Å². The molecule has 0 fully saturated rings. The molecule has 6 heteroatoms. The van der Waals surface area contributed by atoms with Gasteiger partial charge in [-0.05, 0) is 26.8 Å². The van der Waals surface area contributed by atoms with E-state index in [0.29, 0.717) is 11.6 Å². The number of hydrogen-bond donors (Lipinski definition) is 2. The molecular weight excluding hydrogens is 324 g/mol. The molecule has 2 aromatic heterocycles. The molecule has 1 aromatic carbocycles. The van der Waals surface area contributed by atoms with Gasteiger partial charge >= 0.3 is 0 Å². The van der Waals surface area contributed by atoms with Crippen molar-refractivity contribution < 1.29 is 5.11 Å². The quantitative estimate of drug-likeness (QED) is 0.744. The third-order valence-electron chi connectivity index (χ3n) is 4.23. The summed E-state index contributed by atoms with van der Waals surface area (Å²) in [4.78, 5) is 4.46. The lowest BCUT2D eigenvalue weighted by Crippen LogP contribution is -2.26. The molecule has 0 saturated heterocycles. The highest BCUT2D eigenvalue weighted by Gasteiger charge is 2.16. The molecule has 2 N–H and O–H groups in total. The highest BCUT2D eigenvalue weighted by atomic mass is 35.5. The van der Waals surface area contributed by atoms with Gasteiger partial charge in [-0.2, -0.15) is 5.10 Å². The third-order valence-corrected chi connectivity index (χ3v) is 4.58. The van der Waals surface area contributed by atoms with Gasteiger partial charge in [-0.1, -0.05) is 29.8 Å². The van der Waals surface area contributed by atoms with E-state index in [9.17, 15) is 5.11 Å². The molecule has 0 spiro atoms. The third kappa shape index (κ3) is 3.29. The van der Waals surface area contributed by atoms with Crippen LogP contribution in [0.3, 0.4) is 0 Å². The maximum absolute atomic E-state index is 10.4. The fraction of sp³-hybridized carbons (Fsp3) is 0.333. The zero-order chi connectivity index (χ0) is 17.3. The first kappa shape index (κ1) is 16.9. The maximum Gasteiger partial charge on any atom is 0.155 e. The van der Waals surface area contributed by atoms with Crippen molar-refractivity contribution in [2.24, 2.45) is 0 Å². The lowest BCUT2D eigenvalue weighted by molar-refractivity contribution is 0.171. The number of benzene rings is 1. The van der Waals surface area contributed by atoms with Crippen LogP contribution in [0.4, 0.5) is 0 Å². The van der Waals surface area contributed by atoms with Crippen molar-refractivity contribution in [2.45, 2.75) is 32.9 Å². The van der Waals surface area contributed by atoms with Gasteiger partial charge in [0.25, 0.3) is 0 Å². The molecule has 24 heavy (non-hydrogen) atoms. The summed E-state index contributed by atoms with van der Waals surface area (Å²) in [5.41, 5.74) is 4.61. The van der Waals surface area contributed by atoms with Gasteiger partial charge < -0.3 is 10.4 Å². The minimum atomic E-state index is -0.662. The molecule has 0 radical (unpaired) electrons. The van der Waals surface area contributed by atoms with Crippen molar-refractivity contribution >= 4 is 17.2 Å². The van der Waals surface area contributed by atoms with Crippen molar-refractivity contribution in [3.05, 3.63) is 64.1 Å². The minimum Gasteiger partial charge on any atom is -0.387 e. The Bertz CT molecular complexity index is 861. The number of nitrogens with zero attached hydrogens (tertiary/aromatic N) is 3. The Morgan fingerprint density at radius 3 is 2.75 bits per heavy atom. The minimum absolute atomic E-state index is 0.0311. The summed E-state index contributed by atoms with van der Waals surface area (Å²) in [5, 5.41) is 18.8. The predicted octanol–water partition coefficient (Wildman–Crippen LogP) is 3.38. The fourth-order valence-electron chi connectivity index (χ4n) is 2.85. The number of rotatable bonds is 5. The standard InChI is InChI=1S/C18H21ClN4O/c1-11-8-18-21-9-15(13(3)23(18)22-11)12(2)20-10-17(24)14-6-4-5-7-16(14)19/h4-9,12,17,20,24H,10H2,1-3H3. The first-order valence-corrected chi connectivity index (χ1v) is 8.33. The topological polar surface area (TPSA) is 62.5 Å². The van der Waals surface area contributed by atoms with Gasteiger partial charge in [0.15, 0.2) is 5.65 Å². The molecule has 0 aliphatic heterocycles. The Hall–Kier alpha value is -1.95. The second-order valence-corrected chi connectivity index (χ2v) is 6.43. The summed E-state index contributed by atoms with van der Waals surface area (Å²) in [6.45, 7) is 6.43. The average Bonchev–Trinajstić information content (AvgIpc) is 2.94. The van der Waals surface area contributed by atoms with Gasteiger partial charge in [-0.15, -0.1) is 0 Å². The van der Waals surface area contributed by atoms with Crippen LogP contribution in [-0.2, 0) is 0 Å². The Kier molecular flexibility index (Phi) is 4.85. The Morgan fingerprint density at radius 2 is 2.00 bits per heavy atom. The summed E-state index contributed by atoms with van der Waals surface area (Å²) < 4.78 is 1.85. The number of aliphatic hydroxyl groups excluding tert-OH is 1. The van der Waals surface area contributed by atoms with E-state index in [-0.39, 0.29) is 6.04 Å². The van der Waals surface area contributed by atoms with E-state index in [0.717, 1.165) is 28.2 Å². The van der Waals surface area contributed by atoms with Gasteiger partial charge in [0.05, 0.1) is 11.8 Å². The zero-order valence-corrected chi connectivity index (χ0v) is 14.7. The Balaban J connectivity index is 1.74. The molecular formula is C18H21ClN4O. The van der Waals surface area contributed by atoms with Crippen LogP contribution in [0.1, 0.15) is 41.6 Å². The smallest absolute Gasteiger partial charge is 0.155 e. The molecule has 2 unspecified atom stereocenters. The molecule has 0 bridgehead atoms. The van der Waals surface area contributed by atoms with E-state index < -0.39 is 6.10 Å². The van der Waals surface area contributed by atoms with Crippen LogP contribution in [-0.4, -0.2) is 26.2 Å². The summed E-state index contributed by atoms with van der Waals surface area (Å²) in [6, 6.07) is 9.33. The molecule has 0 amide bonds. The fourth-order valence-corrected chi connectivity index (χ4v) is 3.12. The maximum atomic E-state index is 10.4. The van der Waals surface area contributed by atoms with Crippen LogP contribution < -0.4 is 5.32 Å². The van der Waals surface area contributed by atoms with Gasteiger partial charge in [-0.25, -0.2) is 9.50 Å². The van der Waals surface area contributed by atoms with E-state index in [2.05, 4.69) is 15.4 Å². The second-order valence-electron chi connectivity index (χ2n) is 6.02. The lowest BCUT2D eigenvalue weighted by Gasteiger charge is -2.19. The van der Waals surface area contributed by atoms with E-state index in [1.54, 1.807) is 6.07 Å². The number of aliphatic hydroxyl groups is 1. The SMILES string of the molecule is Cc1cc2ncc(C(C)NCC(O)c3ccccc3Cl)c(C)n2n1. The van der Waals surface area contributed by atoms with Crippen LogP contribution in [0.2, 0.25) is 5.02 Å². The largest absolute Gasteiger partial charge is 0.387 e. The molecule has 3 rings (SSSR count). The number of halogens is 1. The van der Waals surface area contributed by atoms with Crippen LogP contribution in [0.5, 0.6) is 0 Å². The van der Waals surface area contributed by atoms with Gasteiger partial charge in [0.2, 0.25) is 0 Å². The summed E-state index contributed by atoms with van der Waals surface area (Å²) in [7, 11) is 0. The van der Waals surface area contributed by atoms with E-state index in [1.165, 1.54) is 0 Å². The number of fused-ring (bicyclic) bond motifs is 1. The number of aromatic nitrogens is 3. The highest BCUT2D eigenvalue weighted by molar-refractivity contribution is 6.31. The summed E-state index contributed by atoms with van der Waals surface area (Å²) in [6.07, 6.45) is 1.20. The second kappa shape index (κ2) is 6.89. The van der Waals surface area contributed by atoms with Crippen LogP contribution in [0, 0.1) is 13.8 Å². The zero-order valence-electron chi connectivity index (χ0n) is 14.0. The van der Waals surface area contributed by atoms with Crippen LogP contribution in [0.25, 0.3) is 5.65 Å². The molecule has 2 heterocycles. The molecule has 3 aromatic rings. The number of hydrogen-bond acceptors (Lipinski definition) is 4. The molecule has 0 aliphatic rings. The lowest BCUT2D eigenvalue weighted by atomic mass is 10.1. The van der Waals surface area contributed by atoms with Crippen LogP contribution in [0.15, 0.2) is 36.5 Å². The molecule has 0 aliphatic carbocycles. The van der Waals surface area contributed by atoms with Gasteiger partial charge in [0, 0.05) is 46.7 Å². The van der Waals surface area contributed by atoms with Gasteiger partial charge in [0.1, 0.15) is 0 Å². The Labute approximate surface area is 146 Å². The van der Waals surface area contributed by atoms with E-state index >= 15 is 0 Å². The van der Waals surface area contributed by atoms with Crippen molar-refractivity contribution in [2.75, 3.05) is 6.54 Å². The van der Waals surface area contributed by atoms with Gasteiger partial charge in [-0.3, -0.25) is 0 Å².